The van der Waals surface area contributed by atoms with Crippen LogP contribution in [0.15, 0.2) is 65.8 Å². The number of hydrogen-bond acceptors (Lipinski definition) is 2. The van der Waals surface area contributed by atoms with Gasteiger partial charge in [0.15, 0.2) is 0 Å². The van der Waals surface area contributed by atoms with Crippen molar-refractivity contribution in [1.82, 2.24) is 14.3 Å². The van der Waals surface area contributed by atoms with Gasteiger partial charge in [0, 0.05) is 24.5 Å². The van der Waals surface area contributed by atoms with Crippen molar-refractivity contribution in [2.75, 3.05) is 0 Å². The van der Waals surface area contributed by atoms with Crippen molar-refractivity contribution in [3.63, 3.8) is 0 Å². The normalized spacial score (nSPS) is 19.3. The smallest absolute Gasteiger partial charge is 0.259 e. The van der Waals surface area contributed by atoms with E-state index in [0.717, 1.165) is 34.0 Å². The van der Waals surface area contributed by atoms with Crippen LogP contribution in [-0.4, -0.2) is 14.3 Å². The molecule has 2 aromatic heterocycles. The van der Waals surface area contributed by atoms with Gasteiger partial charge < -0.3 is 4.57 Å². The van der Waals surface area contributed by atoms with Gasteiger partial charge in [0.05, 0.1) is 17.6 Å². The second kappa shape index (κ2) is 6.45. The molecular formula is C22H23N3O. The Morgan fingerprint density at radius 3 is 2.69 bits per heavy atom. The van der Waals surface area contributed by atoms with Gasteiger partial charge >= 0.3 is 0 Å². The lowest BCUT2D eigenvalue weighted by atomic mass is 9.94. The van der Waals surface area contributed by atoms with Crippen LogP contribution in [0.3, 0.4) is 0 Å². The van der Waals surface area contributed by atoms with Gasteiger partial charge in [-0.1, -0.05) is 56.4 Å². The van der Waals surface area contributed by atoms with Gasteiger partial charge in [0.1, 0.15) is 0 Å². The molecule has 0 saturated heterocycles. The quantitative estimate of drug-likeness (QED) is 0.711. The van der Waals surface area contributed by atoms with Gasteiger partial charge in [-0.3, -0.25) is 9.48 Å². The third kappa shape index (κ3) is 2.62. The second-order valence-corrected chi connectivity index (χ2v) is 6.96. The van der Waals surface area contributed by atoms with Crippen LogP contribution in [0.1, 0.15) is 25.6 Å². The van der Waals surface area contributed by atoms with E-state index < -0.39 is 0 Å². The predicted molar refractivity (Wildman–Crippen MR) is 106 cm³/mol. The fourth-order valence-corrected chi connectivity index (χ4v) is 3.86. The second-order valence-electron chi connectivity index (χ2n) is 6.96. The molecule has 4 heteroatoms. The zero-order valence-electron chi connectivity index (χ0n) is 15.4. The molecule has 0 N–H and O–H groups in total. The van der Waals surface area contributed by atoms with Gasteiger partial charge in [-0.15, -0.1) is 0 Å². The number of benzene rings is 1. The highest BCUT2D eigenvalue weighted by atomic mass is 16.1. The van der Waals surface area contributed by atoms with Crippen LogP contribution in [-0.2, 0) is 13.5 Å². The Hall–Kier alpha value is -2.88. The van der Waals surface area contributed by atoms with Crippen molar-refractivity contribution < 1.29 is 0 Å². The van der Waals surface area contributed by atoms with E-state index in [-0.39, 0.29) is 17.5 Å². The zero-order valence-corrected chi connectivity index (χ0v) is 15.4. The molecule has 2 atom stereocenters. The number of aryl methyl sites for hydroxylation is 2. The first kappa shape index (κ1) is 16.6. The lowest BCUT2D eigenvalue weighted by Crippen LogP contribution is -2.30. The average Bonchev–Trinajstić information content (AvgIpc) is 3.08. The molecule has 26 heavy (non-hydrogen) atoms. The molecule has 2 unspecified atom stereocenters. The first-order valence-corrected chi connectivity index (χ1v) is 9.11. The van der Waals surface area contributed by atoms with E-state index in [1.807, 2.05) is 48.3 Å². The van der Waals surface area contributed by atoms with Crippen LogP contribution in [0.2, 0.25) is 0 Å². The molecule has 0 radical (unpaired) electrons. The van der Waals surface area contributed by atoms with Gasteiger partial charge in [-0.05, 0) is 29.4 Å². The number of allylic oxidation sites excluding steroid dienone is 4. The Kier molecular flexibility index (Phi) is 4.11. The Morgan fingerprint density at radius 2 is 2.00 bits per heavy atom. The van der Waals surface area contributed by atoms with E-state index in [1.54, 1.807) is 4.68 Å². The minimum Gasteiger partial charge on any atom is -0.305 e. The summed E-state index contributed by atoms with van der Waals surface area (Å²) in [5.74, 6) is 0.283. The van der Waals surface area contributed by atoms with Crippen molar-refractivity contribution in [1.29, 1.82) is 0 Å². The van der Waals surface area contributed by atoms with Crippen molar-refractivity contribution >= 4 is 10.8 Å². The van der Waals surface area contributed by atoms with E-state index in [9.17, 15) is 4.79 Å². The number of aromatic nitrogens is 3. The Labute approximate surface area is 153 Å². The molecule has 4 nitrogen and oxygen atoms in total. The average molecular weight is 345 g/mol. The molecule has 1 aromatic carbocycles. The lowest BCUT2D eigenvalue weighted by Gasteiger charge is -2.26. The highest BCUT2D eigenvalue weighted by molar-refractivity contribution is 5.96. The SMILES string of the molecule is CCc1cc2cccc(-c3cnn(C)c3)c2c(=O)n1C1C=CC=CC1C. The summed E-state index contributed by atoms with van der Waals surface area (Å²) in [5.41, 5.74) is 3.07. The lowest BCUT2D eigenvalue weighted by molar-refractivity contribution is 0.461. The maximum Gasteiger partial charge on any atom is 0.259 e. The van der Waals surface area contributed by atoms with Gasteiger partial charge in [0.2, 0.25) is 0 Å². The molecule has 1 aliphatic rings. The van der Waals surface area contributed by atoms with E-state index in [0.29, 0.717) is 0 Å². The molecule has 0 spiro atoms. The summed E-state index contributed by atoms with van der Waals surface area (Å²) in [6.07, 6.45) is 13.0. The molecule has 0 bridgehead atoms. The molecule has 0 saturated carbocycles. The van der Waals surface area contributed by atoms with Crippen molar-refractivity contribution in [2.24, 2.45) is 13.0 Å². The number of rotatable bonds is 3. The van der Waals surface area contributed by atoms with Crippen molar-refractivity contribution in [3.8, 4) is 11.1 Å². The van der Waals surface area contributed by atoms with Gasteiger partial charge in [0.25, 0.3) is 5.56 Å². The highest BCUT2D eigenvalue weighted by Gasteiger charge is 2.22. The topological polar surface area (TPSA) is 39.8 Å². The number of pyridine rings is 1. The zero-order chi connectivity index (χ0) is 18.3. The van der Waals surface area contributed by atoms with Gasteiger partial charge in [-0.25, -0.2) is 0 Å². The Morgan fingerprint density at radius 1 is 1.19 bits per heavy atom. The minimum absolute atomic E-state index is 0.0498. The molecule has 132 valence electrons. The summed E-state index contributed by atoms with van der Waals surface area (Å²) in [5, 5.41) is 6.04. The standard InChI is InChI=1S/C22H23N3O/c1-4-18-12-16-9-7-10-19(17-13-23-24(3)14-17)21(16)22(26)25(18)20-11-6-5-8-15(20)2/h5-15,20H,4H2,1-3H3. The minimum atomic E-state index is 0.0498. The number of nitrogens with zero attached hydrogens (tertiary/aromatic N) is 3. The van der Waals surface area contributed by atoms with E-state index >= 15 is 0 Å². The molecule has 3 aromatic rings. The summed E-state index contributed by atoms with van der Waals surface area (Å²) in [6, 6.07) is 8.26. The highest BCUT2D eigenvalue weighted by Crippen LogP contribution is 2.30. The maximum atomic E-state index is 13.6. The Bertz CT molecular complexity index is 1080. The number of hydrogen-bond donors (Lipinski definition) is 0. The first-order valence-electron chi connectivity index (χ1n) is 9.11. The van der Waals surface area contributed by atoms with Crippen LogP contribution in [0.4, 0.5) is 0 Å². The number of fused-ring (bicyclic) bond motifs is 1. The van der Waals surface area contributed by atoms with Crippen molar-refractivity contribution in [3.05, 3.63) is 77.0 Å². The van der Waals surface area contributed by atoms with Crippen LogP contribution in [0.25, 0.3) is 21.9 Å². The van der Waals surface area contributed by atoms with E-state index in [1.165, 1.54) is 0 Å². The fourth-order valence-electron chi connectivity index (χ4n) is 3.86. The third-order valence-corrected chi connectivity index (χ3v) is 5.21. The van der Waals surface area contributed by atoms with Gasteiger partial charge in [-0.2, -0.15) is 5.10 Å². The molecule has 2 heterocycles. The third-order valence-electron chi connectivity index (χ3n) is 5.21. The fraction of sp³-hybridized carbons (Fsp3) is 0.273. The first-order chi connectivity index (χ1) is 12.6. The van der Waals surface area contributed by atoms with Crippen LogP contribution >= 0.6 is 0 Å². The molecule has 4 rings (SSSR count). The monoisotopic (exact) mass is 345 g/mol. The molecule has 0 fully saturated rings. The Balaban J connectivity index is 2.04. The van der Waals surface area contributed by atoms with Crippen molar-refractivity contribution in [2.45, 2.75) is 26.3 Å². The summed E-state index contributed by atoms with van der Waals surface area (Å²) < 4.78 is 3.75. The molecule has 0 aliphatic heterocycles. The largest absolute Gasteiger partial charge is 0.305 e. The summed E-state index contributed by atoms with van der Waals surface area (Å²) in [4.78, 5) is 13.6. The van der Waals surface area contributed by atoms with Crippen LogP contribution in [0.5, 0.6) is 0 Å². The van der Waals surface area contributed by atoms with E-state index in [2.05, 4.69) is 43.2 Å². The maximum absolute atomic E-state index is 13.6. The van der Waals surface area contributed by atoms with Crippen LogP contribution in [0, 0.1) is 5.92 Å². The van der Waals surface area contributed by atoms with Crippen LogP contribution < -0.4 is 5.56 Å². The molecular weight excluding hydrogens is 322 g/mol. The summed E-state index contributed by atoms with van der Waals surface area (Å²) >= 11 is 0. The summed E-state index contributed by atoms with van der Waals surface area (Å²) in [6.45, 7) is 4.27. The van der Waals surface area contributed by atoms with E-state index in [4.69, 9.17) is 0 Å². The predicted octanol–water partition coefficient (Wildman–Crippen LogP) is 4.27. The summed E-state index contributed by atoms with van der Waals surface area (Å²) in [7, 11) is 1.89. The molecule has 0 amide bonds. The molecule has 1 aliphatic carbocycles.